The van der Waals surface area contributed by atoms with Crippen molar-refractivity contribution < 1.29 is 23.9 Å². The number of nitrogens with one attached hydrogen (secondary N) is 2. The molecule has 2 aromatic carbocycles. The van der Waals surface area contributed by atoms with Gasteiger partial charge >= 0.3 is 0 Å². The minimum atomic E-state index is -0.187. The van der Waals surface area contributed by atoms with E-state index >= 15 is 0 Å². The third-order valence-electron chi connectivity index (χ3n) is 5.23. The first-order valence-corrected chi connectivity index (χ1v) is 10.4. The molecule has 2 aliphatic rings. The summed E-state index contributed by atoms with van der Waals surface area (Å²) in [6.45, 7) is 2.57. The van der Waals surface area contributed by atoms with Crippen LogP contribution in [-0.2, 0) is 16.0 Å². The molecule has 8 heteroatoms. The van der Waals surface area contributed by atoms with Crippen molar-refractivity contribution in [1.29, 1.82) is 0 Å². The predicted molar refractivity (Wildman–Crippen MR) is 113 cm³/mol. The summed E-state index contributed by atoms with van der Waals surface area (Å²) in [5, 5.41) is 5.57. The van der Waals surface area contributed by atoms with E-state index in [1.807, 2.05) is 24.3 Å². The van der Waals surface area contributed by atoms with Crippen LogP contribution in [0.3, 0.4) is 0 Å². The van der Waals surface area contributed by atoms with Gasteiger partial charge in [0.15, 0.2) is 0 Å². The van der Waals surface area contributed by atoms with Crippen molar-refractivity contribution in [2.75, 3.05) is 46.0 Å². The molecule has 3 amide bonds. The van der Waals surface area contributed by atoms with Crippen molar-refractivity contribution in [3.63, 3.8) is 0 Å². The van der Waals surface area contributed by atoms with Crippen LogP contribution >= 0.6 is 0 Å². The Bertz CT molecular complexity index is 991. The fourth-order valence-corrected chi connectivity index (χ4v) is 3.68. The number of piperazine rings is 1. The Morgan fingerprint density at radius 1 is 0.968 bits per heavy atom. The van der Waals surface area contributed by atoms with Crippen molar-refractivity contribution in [3.8, 4) is 5.75 Å². The van der Waals surface area contributed by atoms with Crippen molar-refractivity contribution in [2.45, 2.75) is 6.42 Å². The molecule has 2 aromatic rings. The van der Waals surface area contributed by atoms with Crippen LogP contribution in [0.25, 0.3) is 0 Å². The van der Waals surface area contributed by atoms with Crippen LogP contribution < -0.4 is 15.4 Å². The third-order valence-corrected chi connectivity index (χ3v) is 5.23. The second-order valence-corrected chi connectivity index (χ2v) is 7.49. The van der Waals surface area contributed by atoms with Crippen molar-refractivity contribution in [2.24, 2.45) is 0 Å². The molecule has 31 heavy (non-hydrogen) atoms. The Morgan fingerprint density at radius 3 is 2.74 bits per heavy atom. The summed E-state index contributed by atoms with van der Waals surface area (Å²) >= 11 is 0. The molecule has 0 aliphatic carbocycles. The second kappa shape index (κ2) is 9.61. The first-order valence-electron chi connectivity index (χ1n) is 10.4. The molecule has 0 atom stereocenters. The van der Waals surface area contributed by atoms with E-state index in [9.17, 15) is 14.4 Å². The highest BCUT2D eigenvalue weighted by molar-refractivity contribution is 5.97. The molecule has 1 saturated heterocycles. The van der Waals surface area contributed by atoms with E-state index in [0.717, 1.165) is 11.1 Å². The number of rotatable bonds is 1. The molecule has 0 spiro atoms. The summed E-state index contributed by atoms with van der Waals surface area (Å²) < 4.78 is 11.4. The lowest BCUT2D eigenvalue weighted by atomic mass is 9.99. The molecule has 4 rings (SSSR count). The Kier molecular flexibility index (Phi) is 6.47. The molecule has 162 valence electrons. The lowest BCUT2D eigenvalue weighted by Gasteiger charge is -2.27. The van der Waals surface area contributed by atoms with Crippen LogP contribution in [0.15, 0.2) is 42.5 Å². The van der Waals surface area contributed by atoms with Gasteiger partial charge in [-0.3, -0.25) is 14.4 Å². The maximum absolute atomic E-state index is 12.9. The summed E-state index contributed by atoms with van der Waals surface area (Å²) in [6, 6.07) is 12.7. The van der Waals surface area contributed by atoms with Crippen molar-refractivity contribution >= 4 is 17.7 Å². The molecule has 8 nitrogen and oxygen atoms in total. The maximum atomic E-state index is 12.9. The zero-order valence-corrected chi connectivity index (χ0v) is 17.2. The smallest absolute Gasteiger partial charge is 0.254 e. The van der Waals surface area contributed by atoms with Crippen molar-refractivity contribution in [3.05, 3.63) is 64.7 Å². The highest BCUT2D eigenvalue weighted by Crippen LogP contribution is 2.25. The number of carbonyl (C=O) groups is 3. The standard InChI is InChI=1S/C23H25N3O5/c27-21-15-26(8-6-24-21)23(29)18-4-5-20-19(14-18)13-16-2-1-3-17(12-16)22(28)25-7-9-30-10-11-31-20/h1-5,12,14H,6-11,13,15H2,(H,24,27)(H,25,28). The van der Waals surface area contributed by atoms with Crippen LogP contribution in [0.1, 0.15) is 31.8 Å². The molecule has 0 unspecified atom stereocenters. The molecule has 0 saturated carbocycles. The van der Waals surface area contributed by atoms with Crippen molar-refractivity contribution in [1.82, 2.24) is 15.5 Å². The van der Waals surface area contributed by atoms with Gasteiger partial charge in [0.1, 0.15) is 12.4 Å². The Hall–Kier alpha value is -3.39. The van der Waals surface area contributed by atoms with E-state index in [1.54, 1.807) is 23.1 Å². The zero-order valence-electron chi connectivity index (χ0n) is 17.2. The van der Waals surface area contributed by atoms with Gasteiger partial charge in [0, 0.05) is 37.2 Å². The number of hydrogen-bond donors (Lipinski definition) is 2. The van der Waals surface area contributed by atoms with Crippen LogP contribution in [0.5, 0.6) is 5.75 Å². The van der Waals surface area contributed by atoms with Gasteiger partial charge in [0.05, 0.1) is 19.8 Å². The molecule has 2 bridgehead atoms. The van der Waals surface area contributed by atoms with Gasteiger partial charge in [-0.1, -0.05) is 12.1 Å². The van der Waals surface area contributed by atoms with Crippen LogP contribution in [-0.4, -0.2) is 68.6 Å². The molecule has 2 aliphatic heterocycles. The fourth-order valence-electron chi connectivity index (χ4n) is 3.68. The molecule has 2 heterocycles. The summed E-state index contributed by atoms with van der Waals surface area (Å²) in [7, 11) is 0. The normalized spacial score (nSPS) is 17.5. The average molecular weight is 423 g/mol. The number of carbonyl (C=O) groups excluding carboxylic acids is 3. The Labute approximate surface area is 180 Å². The highest BCUT2D eigenvalue weighted by Gasteiger charge is 2.23. The highest BCUT2D eigenvalue weighted by atomic mass is 16.5. The summed E-state index contributed by atoms with van der Waals surface area (Å²) in [5.74, 6) is 0.180. The average Bonchev–Trinajstić information content (AvgIpc) is 2.78. The van der Waals surface area contributed by atoms with Crippen LogP contribution in [0.4, 0.5) is 0 Å². The van der Waals surface area contributed by atoms with Gasteiger partial charge in [-0.25, -0.2) is 0 Å². The molecule has 0 radical (unpaired) electrons. The van der Waals surface area contributed by atoms with Crippen LogP contribution in [0, 0.1) is 0 Å². The number of fused-ring (bicyclic) bond motifs is 3. The lowest BCUT2D eigenvalue weighted by Crippen LogP contribution is -2.49. The van der Waals surface area contributed by atoms with Gasteiger partial charge in [0.2, 0.25) is 5.91 Å². The molecule has 2 N–H and O–H groups in total. The van der Waals surface area contributed by atoms with Gasteiger partial charge in [0.25, 0.3) is 11.8 Å². The van der Waals surface area contributed by atoms with Gasteiger partial charge in [-0.15, -0.1) is 0 Å². The largest absolute Gasteiger partial charge is 0.491 e. The third kappa shape index (κ3) is 5.21. The van der Waals surface area contributed by atoms with E-state index < -0.39 is 0 Å². The Morgan fingerprint density at radius 2 is 1.87 bits per heavy atom. The fraction of sp³-hybridized carbons (Fsp3) is 0.348. The minimum Gasteiger partial charge on any atom is -0.491 e. The monoisotopic (exact) mass is 423 g/mol. The van der Waals surface area contributed by atoms with E-state index in [-0.39, 0.29) is 24.3 Å². The topological polar surface area (TPSA) is 97.0 Å². The first kappa shape index (κ1) is 20.9. The number of ether oxygens (including phenoxy) is 2. The van der Waals surface area contributed by atoms with E-state index in [1.165, 1.54) is 0 Å². The number of benzene rings is 2. The second-order valence-electron chi connectivity index (χ2n) is 7.49. The zero-order chi connectivity index (χ0) is 21.6. The number of nitrogens with zero attached hydrogens (tertiary/aromatic N) is 1. The minimum absolute atomic E-state index is 0.0565. The van der Waals surface area contributed by atoms with Gasteiger partial charge in [-0.2, -0.15) is 0 Å². The summed E-state index contributed by atoms with van der Waals surface area (Å²) in [5.41, 5.74) is 2.85. The number of amides is 3. The molecule has 0 aromatic heterocycles. The van der Waals surface area contributed by atoms with E-state index in [4.69, 9.17) is 9.47 Å². The number of hydrogen-bond acceptors (Lipinski definition) is 5. The quantitative estimate of drug-likeness (QED) is 0.713. The van der Waals surface area contributed by atoms with Gasteiger partial charge < -0.3 is 25.0 Å². The molecule has 1 fully saturated rings. The summed E-state index contributed by atoms with van der Waals surface area (Å²) in [6.07, 6.45) is 0.499. The maximum Gasteiger partial charge on any atom is 0.254 e. The lowest BCUT2D eigenvalue weighted by molar-refractivity contribution is -0.123. The Balaban J connectivity index is 1.63. The molecular weight excluding hydrogens is 398 g/mol. The van der Waals surface area contributed by atoms with E-state index in [0.29, 0.717) is 62.8 Å². The van der Waals surface area contributed by atoms with E-state index in [2.05, 4.69) is 10.6 Å². The SMILES string of the molecule is O=C1CN(C(=O)c2ccc3c(c2)Cc2cccc(c2)C(=O)NCCOCCO3)CCN1. The van der Waals surface area contributed by atoms with Gasteiger partial charge in [-0.05, 0) is 41.5 Å². The van der Waals surface area contributed by atoms with Crippen LogP contribution in [0.2, 0.25) is 0 Å². The molecular formula is C23H25N3O5. The summed E-state index contributed by atoms with van der Waals surface area (Å²) in [4.78, 5) is 38.5. The first-order chi connectivity index (χ1) is 15.1. The predicted octanol–water partition coefficient (Wildman–Crippen LogP) is 0.988.